The number of nitrogens with zero attached hydrogens (tertiary/aromatic N) is 2. The van der Waals surface area contributed by atoms with Crippen LogP contribution in [0.4, 0.5) is 0 Å². The van der Waals surface area contributed by atoms with Crippen LogP contribution in [0.3, 0.4) is 0 Å². The van der Waals surface area contributed by atoms with E-state index >= 15 is 0 Å². The smallest absolute Gasteiger partial charge is 0.221 e. The summed E-state index contributed by atoms with van der Waals surface area (Å²) in [7, 11) is 1.83. The summed E-state index contributed by atoms with van der Waals surface area (Å²) in [6.07, 6.45) is 4.40. The van der Waals surface area contributed by atoms with Crippen LogP contribution in [0, 0.1) is 6.92 Å². The van der Waals surface area contributed by atoms with E-state index in [9.17, 15) is 4.79 Å². The Morgan fingerprint density at radius 1 is 1.50 bits per heavy atom. The van der Waals surface area contributed by atoms with E-state index in [0.717, 1.165) is 11.3 Å². The number of pyridine rings is 1. The average Bonchev–Trinajstić information content (AvgIpc) is 2.75. The summed E-state index contributed by atoms with van der Waals surface area (Å²) < 4.78 is 1.96. The number of rotatable bonds is 5. The molecule has 0 aliphatic heterocycles. The molecule has 0 atom stereocenters. The number of nitrogens with one attached hydrogen (secondary N) is 2. The van der Waals surface area contributed by atoms with Gasteiger partial charge in [0.05, 0.1) is 12.2 Å². The number of hydrogen-bond donors (Lipinski definition) is 2. The Hall–Kier alpha value is -1.88. The molecule has 2 aromatic rings. The molecule has 2 rings (SSSR count). The second kappa shape index (κ2) is 5.64. The molecule has 0 aliphatic carbocycles. The van der Waals surface area contributed by atoms with Gasteiger partial charge in [-0.3, -0.25) is 4.79 Å². The van der Waals surface area contributed by atoms with Crippen LogP contribution in [0.5, 0.6) is 0 Å². The van der Waals surface area contributed by atoms with E-state index in [1.165, 1.54) is 5.56 Å². The molecular weight excluding hydrogens is 228 g/mol. The molecule has 2 heterocycles. The number of amides is 1. The number of imidazole rings is 1. The van der Waals surface area contributed by atoms with Gasteiger partial charge < -0.3 is 15.0 Å². The van der Waals surface area contributed by atoms with Crippen molar-refractivity contribution in [2.75, 3.05) is 13.6 Å². The topological polar surface area (TPSA) is 58.4 Å². The van der Waals surface area contributed by atoms with Crippen molar-refractivity contribution in [3.63, 3.8) is 0 Å². The van der Waals surface area contributed by atoms with Crippen LogP contribution in [0.15, 0.2) is 24.5 Å². The van der Waals surface area contributed by atoms with Crippen molar-refractivity contribution in [3.05, 3.63) is 35.8 Å². The van der Waals surface area contributed by atoms with Crippen molar-refractivity contribution in [1.29, 1.82) is 0 Å². The Bertz CT molecular complexity index is 547. The second-order valence-electron chi connectivity index (χ2n) is 4.33. The Kier molecular flexibility index (Phi) is 3.94. The molecule has 0 spiro atoms. The van der Waals surface area contributed by atoms with Crippen LogP contribution in [0.25, 0.3) is 5.65 Å². The van der Waals surface area contributed by atoms with Gasteiger partial charge in [-0.05, 0) is 31.7 Å². The molecular formula is C13H18N4O. The van der Waals surface area contributed by atoms with E-state index in [1.807, 2.05) is 42.9 Å². The molecule has 5 heteroatoms. The highest BCUT2D eigenvalue weighted by atomic mass is 16.1. The van der Waals surface area contributed by atoms with E-state index in [2.05, 4.69) is 15.6 Å². The van der Waals surface area contributed by atoms with E-state index in [0.29, 0.717) is 19.5 Å². The van der Waals surface area contributed by atoms with Crippen LogP contribution in [0.2, 0.25) is 0 Å². The molecule has 1 amide bonds. The summed E-state index contributed by atoms with van der Waals surface area (Å²) in [5, 5.41) is 5.80. The Balaban J connectivity index is 1.97. The number of carbonyl (C=O) groups excluding carboxylic acids is 1. The molecule has 2 aromatic heterocycles. The fourth-order valence-corrected chi connectivity index (χ4v) is 1.74. The van der Waals surface area contributed by atoms with Crippen molar-refractivity contribution in [2.24, 2.45) is 0 Å². The third-order valence-electron chi connectivity index (χ3n) is 2.73. The molecule has 0 bridgehead atoms. The van der Waals surface area contributed by atoms with Gasteiger partial charge in [0.25, 0.3) is 0 Å². The number of fused-ring (bicyclic) bond motifs is 1. The fraction of sp³-hybridized carbons (Fsp3) is 0.385. The molecule has 0 aliphatic rings. The predicted octanol–water partition coefficient (Wildman–Crippen LogP) is 0.868. The molecule has 18 heavy (non-hydrogen) atoms. The van der Waals surface area contributed by atoms with Gasteiger partial charge in [0.2, 0.25) is 5.91 Å². The summed E-state index contributed by atoms with van der Waals surface area (Å²) in [6, 6.07) is 4.05. The zero-order chi connectivity index (χ0) is 13.0. The highest BCUT2D eigenvalue weighted by Crippen LogP contribution is 2.07. The number of carbonyl (C=O) groups is 1. The number of hydrogen-bond acceptors (Lipinski definition) is 3. The minimum atomic E-state index is 0.0394. The first-order valence-corrected chi connectivity index (χ1v) is 6.04. The monoisotopic (exact) mass is 246 g/mol. The minimum Gasteiger partial charge on any atom is -0.350 e. The molecule has 5 nitrogen and oxygen atoms in total. The van der Waals surface area contributed by atoms with Gasteiger partial charge in [0, 0.05) is 25.4 Å². The third-order valence-corrected chi connectivity index (χ3v) is 2.73. The number of aryl methyl sites for hydroxylation is 1. The van der Waals surface area contributed by atoms with Crippen LogP contribution in [0.1, 0.15) is 17.7 Å². The lowest BCUT2D eigenvalue weighted by atomic mass is 10.3. The van der Waals surface area contributed by atoms with Crippen molar-refractivity contribution < 1.29 is 4.79 Å². The first-order valence-electron chi connectivity index (χ1n) is 6.04. The lowest BCUT2D eigenvalue weighted by molar-refractivity contribution is -0.121. The van der Waals surface area contributed by atoms with Gasteiger partial charge in [-0.2, -0.15) is 0 Å². The minimum absolute atomic E-state index is 0.0394. The van der Waals surface area contributed by atoms with Crippen molar-refractivity contribution in [2.45, 2.75) is 19.9 Å². The van der Waals surface area contributed by atoms with Crippen LogP contribution in [-0.2, 0) is 11.3 Å². The van der Waals surface area contributed by atoms with Crippen molar-refractivity contribution in [1.82, 2.24) is 20.0 Å². The van der Waals surface area contributed by atoms with E-state index in [1.54, 1.807) is 0 Å². The van der Waals surface area contributed by atoms with E-state index in [4.69, 9.17) is 0 Å². The highest BCUT2D eigenvalue weighted by molar-refractivity contribution is 5.76. The lowest BCUT2D eigenvalue weighted by Crippen LogP contribution is -2.26. The van der Waals surface area contributed by atoms with Gasteiger partial charge >= 0.3 is 0 Å². The van der Waals surface area contributed by atoms with Crippen LogP contribution >= 0.6 is 0 Å². The zero-order valence-corrected chi connectivity index (χ0v) is 10.7. The molecule has 0 fully saturated rings. The Morgan fingerprint density at radius 2 is 2.33 bits per heavy atom. The quantitative estimate of drug-likeness (QED) is 0.823. The fourth-order valence-electron chi connectivity index (χ4n) is 1.74. The van der Waals surface area contributed by atoms with Crippen LogP contribution in [-0.4, -0.2) is 28.9 Å². The highest BCUT2D eigenvalue weighted by Gasteiger charge is 2.04. The average molecular weight is 246 g/mol. The Labute approximate surface area is 106 Å². The molecule has 0 saturated carbocycles. The van der Waals surface area contributed by atoms with Gasteiger partial charge in [0.15, 0.2) is 0 Å². The van der Waals surface area contributed by atoms with Gasteiger partial charge in [0.1, 0.15) is 5.65 Å². The van der Waals surface area contributed by atoms with Gasteiger partial charge in [-0.1, -0.05) is 0 Å². The summed E-state index contributed by atoms with van der Waals surface area (Å²) in [5.41, 5.74) is 2.96. The molecule has 2 N–H and O–H groups in total. The van der Waals surface area contributed by atoms with Crippen molar-refractivity contribution in [3.8, 4) is 0 Å². The SMILES string of the molecule is CNCCC(=O)NCc1cn2ccc(C)cc2n1. The van der Waals surface area contributed by atoms with E-state index in [-0.39, 0.29) is 5.91 Å². The molecule has 0 aromatic carbocycles. The first-order chi connectivity index (χ1) is 8.69. The summed E-state index contributed by atoms with van der Waals surface area (Å²) in [5.74, 6) is 0.0394. The summed E-state index contributed by atoms with van der Waals surface area (Å²) in [6.45, 7) is 3.20. The summed E-state index contributed by atoms with van der Waals surface area (Å²) in [4.78, 5) is 15.9. The van der Waals surface area contributed by atoms with Crippen molar-refractivity contribution >= 4 is 11.6 Å². The predicted molar refractivity (Wildman–Crippen MR) is 70.3 cm³/mol. The maximum Gasteiger partial charge on any atom is 0.221 e. The van der Waals surface area contributed by atoms with Gasteiger partial charge in [-0.15, -0.1) is 0 Å². The maximum atomic E-state index is 11.5. The first kappa shape index (κ1) is 12.6. The zero-order valence-electron chi connectivity index (χ0n) is 10.7. The van der Waals surface area contributed by atoms with Gasteiger partial charge in [-0.25, -0.2) is 4.98 Å². The molecule has 96 valence electrons. The van der Waals surface area contributed by atoms with Crippen LogP contribution < -0.4 is 10.6 Å². The standard InChI is InChI=1S/C13H18N4O/c1-10-4-6-17-9-11(16-12(17)7-10)8-15-13(18)3-5-14-2/h4,6-7,9,14H,3,5,8H2,1-2H3,(H,15,18). The maximum absolute atomic E-state index is 11.5. The summed E-state index contributed by atoms with van der Waals surface area (Å²) >= 11 is 0. The number of aromatic nitrogens is 2. The Morgan fingerprint density at radius 3 is 3.11 bits per heavy atom. The van der Waals surface area contributed by atoms with E-state index < -0.39 is 0 Å². The lowest BCUT2D eigenvalue weighted by Gasteiger charge is -2.01. The largest absolute Gasteiger partial charge is 0.350 e. The third kappa shape index (κ3) is 3.07. The second-order valence-corrected chi connectivity index (χ2v) is 4.33. The molecule has 0 unspecified atom stereocenters. The normalized spacial score (nSPS) is 10.8. The molecule has 0 saturated heterocycles. The molecule has 0 radical (unpaired) electrons.